The number of amides is 2. The van der Waals surface area contributed by atoms with E-state index in [1.807, 2.05) is 84.9 Å². The van der Waals surface area contributed by atoms with E-state index in [1.54, 1.807) is 24.3 Å². The first kappa shape index (κ1) is 28.3. The monoisotopic (exact) mass is 604 g/mol. The Labute approximate surface area is 258 Å². The number of fused-ring (bicyclic) bond motifs is 2. The minimum atomic E-state index is -0.220. The van der Waals surface area contributed by atoms with Gasteiger partial charge in [-0.2, -0.15) is 0 Å². The third kappa shape index (κ3) is 6.07. The lowest BCUT2D eigenvalue weighted by atomic mass is 10.0. The van der Waals surface area contributed by atoms with Crippen LogP contribution in [0.4, 0.5) is 0 Å². The number of halogens is 2. The standard InChI is InChI=1S/C35H26Cl2N4O2/c36-28-14-5-1-12-24(28)32-20-26(22-10-3-7-16-30(22)40-32)34(42)38-18-9-19-39-35(43)27-21-33(25-13-2-6-15-29(25)37)41-31-17-8-4-11-23(27)31/h1-8,10-17,20-21H,9,18-19H2,(H,38,42)(H,39,43). The zero-order valence-electron chi connectivity index (χ0n) is 23.0. The second-order valence-corrected chi connectivity index (χ2v) is 10.8. The van der Waals surface area contributed by atoms with Crippen molar-refractivity contribution in [3.05, 3.63) is 130 Å². The number of nitrogens with one attached hydrogen (secondary N) is 2. The van der Waals surface area contributed by atoms with E-state index in [4.69, 9.17) is 33.2 Å². The lowest BCUT2D eigenvalue weighted by molar-refractivity contribution is 0.0953. The number of aromatic nitrogens is 2. The van der Waals surface area contributed by atoms with Gasteiger partial charge in [-0.1, -0.05) is 96.0 Å². The van der Waals surface area contributed by atoms with Crippen LogP contribution in [-0.2, 0) is 0 Å². The Morgan fingerprint density at radius 2 is 0.953 bits per heavy atom. The van der Waals surface area contributed by atoms with E-state index >= 15 is 0 Å². The van der Waals surface area contributed by atoms with Crippen molar-refractivity contribution in [2.75, 3.05) is 13.1 Å². The third-order valence-electron chi connectivity index (χ3n) is 7.15. The van der Waals surface area contributed by atoms with Gasteiger partial charge in [0.25, 0.3) is 11.8 Å². The Hall–Kier alpha value is -4.78. The van der Waals surface area contributed by atoms with E-state index < -0.39 is 0 Å². The van der Waals surface area contributed by atoms with Gasteiger partial charge < -0.3 is 10.6 Å². The zero-order valence-corrected chi connectivity index (χ0v) is 24.5. The molecular weight excluding hydrogens is 579 g/mol. The van der Waals surface area contributed by atoms with Crippen LogP contribution < -0.4 is 10.6 Å². The molecule has 0 unspecified atom stereocenters. The highest BCUT2D eigenvalue weighted by molar-refractivity contribution is 6.33. The van der Waals surface area contributed by atoms with Crippen molar-refractivity contribution in [3.8, 4) is 22.5 Å². The Balaban J connectivity index is 1.14. The summed E-state index contributed by atoms with van der Waals surface area (Å²) in [5.74, 6) is -0.439. The van der Waals surface area contributed by atoms with E-state index in [0.29, 0.717) is 63.1 Å². The summed E-state index contributed by atoms with van der Waals surface area (Å²) >= 11 is 12.8. The van der Waals surface area contributed by atoms with Crippen molar-refractivity contribution in [1.82, 2.24) is 20.6 Å². The SMILES string of the molecule is O=C(NCCCNC(=O)c1cc(-c2ccccc2Cl)nc2ccccc12)c1cc(-c2ccccc2Cl)nc2ccccc12. The van der Waals surface area contributed by atoms with Crippen molar-refractivity contribution < 1.29 is 9.59 Å². The first-order valence-corrected chi connectivity index (χ1v) is 14.6. The highest BCUT2D eigenvalue weighted by Crippen LogP contribution is 2.31. The number of rotatable bonds is 8. The molecule has 0 aliphatic rings. The van der Waals surface area contributed by atoms with Crippen LogP contribution in [-0.4, -0.2) is 34.9 Å². The second-order valence-electron chi connectivity index (χ2n) is 9.97. The minimum Gasteiger partial charge on any atom is -0.352 e. The van der Waals surface area contributed by atoms with E-state index in [-0.39, 0.29) is 11.8 Å². The van der Waals surface area contributed by atoms with Crippen molar-refractivity contribution >= 4 is 56.8 Å². The summed E-state index contributed by atoms with van der Waals surface area (Å²) in [7, 11) is 0. The fourth-order valence-electron chi connectivity index (χ4n) is 5.02. The molecule has 6 rings (SSSR count). The van der Waals surface area contributed by atoms with Gasteiger partial charge in [0.05, 0.1) is 33.5 Å². The largest absolute Gasteiger partial charge is 0.352 e. The molecule has 0 spiro atoms. The number of carbonyl (C=O) groups excluding carboxylic acids is 2. The molecule has 4 aromatic carbocycles. The predicted molar refractivity (Wildman–Crippen MR) is 174 cm³/mol. The number of nitrogens with zero attached hydrogens (tertiary/aromatic N) is 2. The fraction of sp³-hybridized carbons (Fsp3) is 0.0857. The maximum Gasteiger partial charge on any atom is 0.252 e. The van der Waals surface area contributed by atoms with Crippen molar-refractivity contribution in [3.63, 3.8) is 0 Å². The Morgan fingerprint density at radius 1 is 0.558 bits per heavy atom. The van der Waals surface area contributed by atoms with Crippen LogP contribution >= 0.6 is 23.2 Å². The second kappa shape index (κ2) is 12.6. The molecule has 0 fully saturated rings. The molecule has 43 heavy (non-hydrogen) atoms. The molecule has 2 heterocycles. The van der Waals surface area contributed by atoms with Gasteiger partial charge >= 0.3 is 0 Å². The molecule has 0 atom stereocenters. The first-order chi connectivity index (χ1) is 21.0. The maximum absolute atomic E-state index is 13.3. The Bertz CT molecular complexity index is 1850. The number of pyridine rings is 2. The van der Waals surface area contributed by atoms with Crippen LogP contribution in [0.25, 0.3) is 44.3 Å². The summed E-state index contributed by atoms with van der Waals surface area (Å²) in [5, 5.41) is 8.61. The van der Waals surface area contributed by atoms with E-state index in [0.717, 1.165) is 21.9 Å². The van der Waals surface area contributed by atoms with E-state index in [2.05, 4.69) is 10.6 Å². The predicted octanol–water partition coefficient (Wildman–Crippen LogP) is 7.97. The van der Waals surface area contributed by atoms with E-state index in [1.165, 1.54) is 0 Å². The molecule has 0 radical (unpaired) electrons. The Kier molecular flexibility index (Phi) is 8.31. The van der Waals surface area contributed by atoms with Crippen molar-refractivity contribution in [2.24, 2.45) is 0 Å². The summed E-state index contributed by atoms with van der Waals surface area (Å²) < 4.78 is 0. The Morgan fingerprint density at radius 3 is 1.40 bits per heavy atom. The van der Waals surface area contributed by atoms with Gasteiger partial charge in [0.2, 0.25) is 0 Å². The van der Waals surface area contributed by atoms with Crippen molar-refractivity contribution in [2.45, 2.75) is 6.42 Å². The topological polar surface area (TPSA) is 84.0 Å². The molecule has 6 nitrogen and oxygen atoms in total. The summed E-state index contributed by atoms with van der Waals surface area (Å²) in [6, 6.07) is 33.4. The maximum atomic E-state index is 13.3. The smallest absolute Gasteiger partial charge is 0.252 e. The molecule has 6 aromatic rings. The minimum absolute atomic E-state index is 0.220. The van der Waals surface area contributed by atoms with Gasteiger partial charge in [-0.3, -0.25) is 9.59 Å². The number of para-hydroxylation sites is 2. The molecule has 2 N–H and O–H groups in total. The van der Waals surface area contributed by atoms with Crippen LogP contribution in [0.1, 0.15) is 27.1 Å². The fourth-order valence-corrected chi connectivity index (χ4v) is 5.49. The summed E-state index contributed by atoms with van der Waals surface area (Å²) in [6.07, 6.45) is 0.540. The lowest BCUT2D eigenvalue weighted by Crippen LogP contribution is -2.30. The van der Waals surface area contributed by atoms with Gasteiger partial charge in [-0.25, -0.2) is 9.97 Å². The molecule has 2 amide bonds. The zero-order chi connectivity index (χ0) is 29.8. The van der Waals surface area contributed by atoms with Crippen LogP contribution in [0, 0.1) is 0 Å². The van der Waals surface area contributed by atoms with Crippen LogP contribution in [0.5, 0.6) is 0 Å². The summed E-state index contributed by atoms with van der Waals surface area (Å²) in [6.45, 7) is 0.748. The van der Waals surface area contributed by atoms with E-state index in [9.17, 15) is 9.59 Å². The lowest BCUT2D eigenvalue weighted by Gasteiger charge is -2.13. The van der Waals surface area contributed by atoms with Gasteiger partial charge in [0.15, 0.2) is 0 Å². The highest BCUT2D eigenvalue weighted by atomic mass is 35.5. The quantitative estimate of drug-likeness (QED) is 0.172. The average molecular weight is 606 g/mol. The molecule has 212 valence electrons. The highest BCUT2D eigenvalue weighted by Gasteiger charge is 2.17. The summed E-state index contributed by atoms with van der Waals surface area (Å²) in [4.78, 5) is 36.1. The number of carbonyl (C=O) groups is 2. The van der Waals surface area contributed by atoms with Crippen LogP contribution in [0.3, 0.4) is 0 Å². The molecular formula is C35H26Cl2N4O2. The molecule has 0 aliphatic carbocycles. The van der Waals surface area contributed by atoms with Gasteiger partial charge in [0.1, 0.15) is 0 Å². The molecule has 8 heteroatoms. The number of hydrogen-bond acceptors (Lipinski definition) is 4. The van der Waals surface area contributed by atoms with Crippen LogP contribution in [0.2, 0.25) is 10.0 Å². The van der Waals surface area contributed by atoms with Crippen LogP contribution in [0.15, 0.2) is 109 Å². The van der Waals surface area contributed by atoms with Gasteiger partial charge in [0, 0.05) is 45.0 Å². The average Bonchev–Trinajstić information content (AvgIpc) is 3.03. The molecule has 0 saturated carbocycles. The van der Waals surface area contributed by atoms with Crippen molar-refractivity contribution in [1.29, 1.82) is 0 Å². The molecule has 0 aliphatic heterocycles. The molecule has 0 saturated heterocycles. The number of benzene rings is 4. The summed E-state index contributed by atoms with van der Waals surface area (Å²) in [5.41, 5.74) is 5.21. The van der Waals surface area contributed by atoms with Gasteiger partial charge in [-0.05, 0) is 42.8 Å². The third-order valence-corrected chi connectivity index (χ3v) is 7.81. The first-order valence-electron chi connectivity index (χ1n) is 13.9. The molecule has 0 bridgehead atoms. The van der Waals surface area contributed by atoms with Gasteiger partial charge in [-0.15, -0.1) is 0 Å². The molecule has 2 aromatic heterocycles. The number of hydrogen-bond donors (Lipinski definition) is 2. The normalized spacial score (nSPS) is 11.0.